The maximum absolute atomic E-state index is 12.6. The standard InChI is InChI=1S/C30H48O5S/c1-19(2)16-21(31)17-20(3)22-10-12-28(7)24-9-8-23-26(4,5)25(35-36(32,33)34)11-13-29(23)18-30(24,29)15-14-27(22,28)6/h16,20,22-25H,8-15,17-18H2,1-7H3,(H,32,33,34)/t20-,22-,23?,24+,25+,27-,28+,29-,30+/m1/s1. The van der Waals surface area contributed by atoms with E-state index >= 15 is 0 Å². The van der Waals surface area contributed by atoms with Gasteiger partial charge in [0.2, 0.25) is 0 Å². The molecule has 9 atom stereocenters. The van der Waals surface area contributed by atoms with E-state index in [9.17, 15) is 17.8 Å². The minimum Gasteiger partial charge on any atom is -0.295 e. The summed E-state index contributed by atoms with van der Waals surface area (Å²) in [7, 11) is -4.45. The molecule has 5 nitrogen and oxygen atoms in total. The molecule has 0 heterocycles. The lowest BCUT2D eigenvalue weighted by Crippen LogP contribution is -2.58. The van der Waals surface area contributed by atoms with Crippen LogP contribution in [0.25, 0.3) is 0 Å². The molecule has 204 valence electrons. The average Bonchev–Trinajstić information content (AvgIpc) is 3.31. The predicted molar refractivity (Wildman–Crippen MR) is 142 cm³/mol. The number of carbonyl (C=O) groups is 1. The summed E-state index contributed by atoms with van der Waals surface area (Å²) in [6.07, 6.45) is 12.4. The fourth-order valence-corrected chi connectivity index (χ4v) is 12.1. The van der Waals surface area contributed by atoms with Crippen LogP contribution in [-0.2, 0) is 19.4 Å². The lowest BCUT2D eigenvalue weighted by molar-refractivity contribution is -0.158. The van der Waals surface area contributed by atoms with E-state index in [4.69, 9.17) is 4.18 Å². The van der Waals surface area contributed by atoms with Gasteiger partial charge in [0, 0.05) is 6.42 Å². The summed E-state index contributed by atoms with van der Waals surface area (Å²) in [6, 6.07) is 0. The Labute approximate surface area is 219 Å². The summed E-state index contributed by atoms with van der Waals surface area (Å²) in [5.74, 6) is 2.43. The van der Waals surface area contributed by atoms with Crippen molar-refractivity contribution >= 4 is 16.2 Å². The van der Waals surface area contributed by atoms with E-state index in [-0.39, 0.29) is 16.6 Å². The van der Waals surface area contributed by atoms with Crippen molar-refractivity contribution in [1.29, 1.82) is 0 Å². The summed E-state index contributed by atoms with van der Waals surface area (Å²) >= 11 is 0. The van der Waals surface area contributed by atoms with Crippen LogP contribution in [0, 0.1) is 50.7 Å². The van der Waals surface area contributed by atoms with Crippen LogP contribution in [0.3, 0.4) is 0 Å². The number of hydrogen-bond acceptors (Lipinski definition) is 4. The minimum atomic E-state index is -4.45. The third kappa shape index (κ3) is 3.59. The molecular formula is C30H48O5S. The van der Waals surface area contributed by atoms with Gasteiger partial charge in [-0.3, -0.25) is 9.35 Å². The number of rotatable bonds is 6. The van der Waals surface area contributed by atoms with Crippen LogP contribution in [-0.4, -0.2) is 24.9 Å². The SMILES string of the molecule is CC(C)=CC(=O)C[C@@H](C)[C@H]1CC[C@@]2(C)[C@@H]3CCC4C(C)(C)[C@@H](OS(=O)(=O)O)CC[C@@]45C[C@@]35CC[C@]12C. The molecule has 0 aromatic carbocycles. The van der Waals surface area contributed by atoms with Gasteiger partial charge in [-0.05, 0) is 128 Å². The van der Waals surface area contributed by atoms with Crippen molar-refractivity contribution in [2.75, 3.05) is 0 Å². The zero-order chi connectivity index (χ0) is 26.5. The average molecular weight is 521 g/mol. The molecule has 0 amide bonds. The Morgan fingerprint density at radius 3 is 2.22 bits per heavy atom. The topological polar surface area (TPSA) is 80.7 Å². The van der Waals surface area contributed by atoms with Crippen molar-refractivity contribution in [3.05, 3.63) is 11.6 Å². The zero-order valence-electron chi connectivity index (χ0n) is 23.5. The Morgan fingerprint density at radius 1 is 0.944 bits per heavy atom. The van der Waals surface area contributed by atoms with Gasteiger partial charge in [-0.25, -0.2) is 4.18 Å². The molecule has 1 unspecified atom stereocenters. The van der Waals surface area contributed by atoms with E-state index in [1.54, 1.807) is 0 Å². The zero-order valence-corrected chi connectivity index (χ0v) is 24.3. The fraction of sp³-hybridized carbons (Fsp3) is 0.900. The molecule has 36 heavy (non-hydrogen) atoms. The third-order valence-electron chi connectivity index (χ3n) is 13.0. The second kappa shape index (κ2) is 8.14. The molecule has 6 heteroatoms. The second-order valence-electron chi connectivity index (χ2n) is 14.9. The van der Waals surface area contributed by atoms with Gasteiger partial charge in [0.1, 0.15) is 0 Å². The van der Waals surface area contributed by atoms with Crippen molar-refractivity contribution in [2.24, 2.45) is 50.7 Å². The van der Waals surface area contributed by atoms with E-state index in [1.807, 2.05) is 19.9 Å². The van der Waals surface area contributed by atoms with Gasteiger partial charge in [-0.2, -0.15) is 8.42 Å². The monoisotopic (exact) mass is 520 g/mol. The van der Waals surface area contributed by atoms with Gasteiger partial charge in [0.25, 0.3) is 0 Å². The van der Waals surface area contributed by atoms with E-state index in [0.717, 1.165) is 18.4 Å². The highest BCUT2D eigenvalue weighted by Crippen LogP contribution is 2.89. The number of hydrogen-bond donors (Lipinski definition) is 1. The molecule has 5 aliphatic rings. The van der Waals surface area contributed by atoms with Crippen LogP contribution < -0.4 is 0 Å². The third-order valence-corrected chi connectivity index (χ3v) is 13.5. The Bertz CT molecular complexity index is 1070. The van der Waals surface area contributed by atoms with Gasteiger partial charge in [-0.15, -0.1) is 0 Å². The van der Waals surface area contributed by atoms with Gasteiger partial charge in [0.15, 0.2) is 5.78 Å². The number of ketones is 1. The molecule has 0 aliphatic heterocycles. The molecule has 0 bridgehead atoms. The maximum Gasteiger partial charge on any atom is 0.397 e. The quantitative estimate of drug-likeness (QED) is 0.296. The number of carbonyl (C=O) groups excluding carboxylic acids is 1. The maximum atomic E-state index is 12.6. The van der Waals surface area contributed by atoms with Crippen molar-refractivity contribution < 1.29 is 21.9 Å². The molecule has 0 aromatic rings. The largest absolute Gasteiger partial charge is 0.397 e. The Hall–Kier alpha value is -0.720. The van der Waals surface area contributed by atoms with Crippen LogP contribution in [0.1, 0.15) is 113 Å². The summed E-state index contributed by atoms with van der Waals surface area (Å²) < 4.78 is 37.8. The van der Waals surface area contributed by atoms with Crippen LogP contribution in [0.15, 0.2) is 11.6 Å². The normalized spacial score (nSPS) is 47.6. The van der Waals surface area contributed by atoms with Gasteiger partial charge < -0.3 is 0 Å². The van der Waals surface area contributed by atoms with Crippen LogP contribution >= 0.6 is 0 Å². The van der Waals surface area contributed by atoms with E-state index in [0.29, 0.717) is 52.8 Å². The first-order chi connectivity index (χ1) is 16.5. The van der Waals surface area contributed by atoms with Gasteiger partial charge >= 0.3 is 10.4 Å². The first-order valence-electron chi connectivity index (χ1n) is 14.4. The van der Waals surface area contributed by atoms with Crippen molar-refractivity contribution in [3.63, 3.8) is 0 Å². The lowest BCUT2D eigenvalue weighted by Gasteiger charge is -2.63. The summed E-state index contributed by atoms with van der Waals surface area (Å²) in [5, 5.41) is 0. The molecule has 5 aliphatic carbocycles. The molecule has 0 radical (unpaired) electrons. The molecule has 0 aromatic heterocycles. The Balaban J connectivity index is 1.39. The second-order valence-corrected chi connectivity index (χ2v) is 15.9. The predicted octanol–water partition coefficient (Wildman–Crippen LogP) is 7.18. The van der Waals surface area contributed by atoms with Gasteiger partial charge in [0.05, 0.1) is 6.10 Å². The molecule has 2 spiro atoms. The number of fused-ring (bicyclic) bond motifs is 2. The molecule has 5 saturated carbocycles. The van der Waals surface area contributed by atoms with E-state index < -0.39 is 16.5 Å². The highest BCUT2D eigenvalue weighted by molar-refractivity contribution is 7.80. The molecular weight excluding hydrogens is 472 g/mol. The van der Waals surface area contributed by atoms with Gasteiger partial charge in [-0.1, -0.05) is 40.2 Å². The van der Waals surface area contributed by atoms with Crippen molar-refractivity contribution in [2.45, 2.75) is 119 Å². The van der Waals surface area contributed by atoms with Crippen LogP contribution in [0.5, 0.6) is 0 Å². The highest BCUT2D eigenvalue weighted by atomic mass is 32.3. The van der Waals surface area contributed by atoms with Crippen molar-refractivity contribution in [1.82, 2.24) is 0 Å². The summed E-state index contributed by atoms with van der Waals surface area (Å²) in [4.78, 5) is 12.6. The first kappa shape index (κ1) is 26.9. The fourth-order valence-electron chi connectivity index (χ4n) is 11.4. The Morgan fingerprint density at radius 2 is 1.58 bits per heavy atom. The van der Waals surface area contributed by atoms with Crippen LogP contribution in [0.4, 0.5) is 0 Å². The first-order valence-corrected chi connectivity index (χ1v) is 15.7. The summed E-state index contributed by atoms with van der Waals surface area (Å²) in [6.45, 7) is 15.8. The highest BCUT2D eigenvalue weighted by Gasteiger charge is 2.82. The Kier molecular flexibility index (Phi) is 6.08. The molecule has 5 fully saturated rings. The van der Waals surface area contributed by atoms with E-state index in [2.05, 4.69) is 34.6 Å². The molecule has 0 saturated heterocycles. The number of allylic oxidation sites excluding steroid dienone is 2. The lowest BCUT2D eigenvalue weighted by atomic mass is 9.41. The molecule has 5 rings (SSSR count). The van der Waals surface area contributed by atoms with E-state index in [1.165, 1.54) is 38.5 Å². The van der Waals surface area contributed by atoms with Crippen LogP contribution in [0.2, 0.25) is 0 Å². The smallest absolute Gasteiger partial charge is 0.295 e. The summed E-state index contributed by atoms with van der Waals surface area (Å²) in [5.41, 5.74) is 2.05. The minimum absolute atomic E-state index is 0.269. The molecule has 1 N–H and O–H groups in total. The van der Waals surface area contributed by atoms with Crippen molar-refractivity contribution in [3.8, 4) is 0 Å².